The van der Waals surface area contributed by atoms with E-state index >= 15 is 0 Å². The minimum absolute atomic E-state index is 0.0314. The number of carbonyl (C=O) groups excluding carboxylic acids is 4. The van der Waals surface area contributed by atoms with E-state index in [2.05, 4.69) is 31.4 Å². The summed E-state index contributed by atoms with van der Waals surface area (Å²) in [7, 11) is -2.58. The summed E-state index contributed by atoms with van der Waals surface area (Å²) in [5.74, 6) is -3.56. The first-order valence-electron chi connectivity index (χ1n) is 17.5. The van der Waals surface area contributed by atoms with Crippen LogP contribution >= 0.6 is 0 Å². The van der Waals surface area contributed by atoms with Crippen LogP contribution in [0, 0.1) is 11.3 Å². The molecule has 52 heavy (non-hydrogen) atoms. The maximum atomic E-state index is 14.4. The first kappa shape index (κ1) is 37.3. The topological polar surface area (TPSA) is 207 Å². The monoisotopic (exact) mass is 749 g/mol. The van der Waals surface area contributed by atoms with E-state index in [1.54, 1.807) is 45.0 Å². The molecule has 5 amide bonds. The minimum atomic E-state index is -4.12. The number of tetrazole rings is 1. The predicted molar refractivity (Wildman–Crippen MR) is 181 cm³/mol. The quantitative estimate of drug-likeness (QED) is 0.248. The number of rotatable bonds is 12. The van der Waals surface area contributed by atoms with Gasteiger partial charge in [-0.15, -0.1) is 10.2 Å². The highest BCUT2D eigenvalue weighted by Gasteiger charge is 2.67. The molecule has 0 spiro atoms. The lowest BCUT2D eigenvalue weighted by Gasteiger charge is -2.36. The third-order valence-corrected chi connectivity index (χ3v) is 12.1. The molecule has 0 bridgehead atoms. The van der Waals surface area contributed by atoms with E-state index in [4.69, 9.17) is 4.74 Å². The Kier molecular flexibility index (Phi) is 10.2. The van der Waals surface area contributed by atoms with E-state index in [1.807, 2.05) is 4.72 Å². The number of halogens is 2. The minimum Gasteiger partial charge on any atom is -0.497 e. The highest BCUT2D eigenvalue weighted by molar-refractivity contribution is 7.91. The van der Waals surface area contributed by atoms with Crippen LogP contribution in [0.25, 0.3) is 11.4 Å². The van der Waals surface area contributed by atoms with Crippen molar-refractivity contribution in [2.75, 3.05) is 13.7 Å². The Morgan fingerprint density at radius 2 is 1.71 bits per heavy atom. The van der Waals surface area contributed by atoms with Crippen LogP contribution in [0.1, 0.15) is 78.2 Å². The zero-order valence-electron chi connectivity index (χ0n) is 29.5. The fourth-order valence-electron chi connectivity index (χ4n) is 6.99. The van der Waals surface area contributed by atoms with Gasteiger partial charge in [0.25, 0.3) is 5.91 Å². The summed E-state index contributed by atoms with van der Waals surface area (Å²) in [6.07, 6.45) is 0.635. The lowest BCUT2D eigenvalue weighted by atomic mass is 9.85. The Balaban J connectivity index is 1.27. The number of sulfonamides is 1. The fraction of sp³-hybridized carbons (Fsp3) is 0.667. The number of methoxy groups -OCH3 is 1. The zero-order chi connectivity index (χ0) is 37.6. The molecule has 1 aliphatic heterocycles. The van der Waals surface area contributed by atoms with Crippen molar-refractivity contribution in [3.8, 4) is 17.1 Å². The van der Waals surface area contributed by atoms with Crippen molar-refractivity contribution < 1.29 is 41.1 Å². The summed E-state index contributed by atoms with van der Waals surface area (Å²) in [6.45, 7) is 5.14. The van der Waals surface area contributed by atoms with Gasteiger partial charge in [0, 0.05) is 24.6 Å². The molecule has 16 nitrogen and oxygen atoms in total. The molecule has 4 aliphatic rings. The number of likely N-dealkylation sites (tertiary alicyclic amines) is 1. The second-order valence-electron chi connectivity index (χ2n) is 15.2. The number of benzene rings is 1. The van der Waals surface area contributed by atoms with Crippen molar-refractivity contribution in [2.24, 2.45) is 11.3 Å². The van der Waals surface area contributed by atoms with Gasteiger partial charge in [-0.2, -0.15) is 4.80 Å². The summed E-state index contributed by atoms with van der Waals surface area (Å²) < 4.78 is 60.4. The summed E-state index contributed by atoms with van der Waals surface area (Å²) in [4.78, 5) is 57.5. The Bertz CT molecular complexity index is 1790. The van der Waals surface area contributed by atoms with Crippen molar-refractivity contribution in [2.45, 2.75) is 114 Å². The molecule has 2 aromatic rings. The van der Waals surface area contributed by atoms with Gasteiger partial charge < -0.3 is 25.6 Å². The number of urea groups is 1. The van der Waals surface area contributed by atoms with Crippen molar-refractivity contribution in [1.82, 2.24) is 45.8 Å². The third kappa shape index (κ3) is 7.83. The van der Waals surface area contributed by atoms with E-state index in [9.17, 15) is 36.4 Å². The molecule has 0 radical (unpaired) electrons. The van der Waals surface area contributed by atoms with Gasteiger partial charge in [-0.05, 0) is 67.0 Å². The van der Waals surface area contributed by atoms with Crippen molar-refractivity contribution in [3.63, 3.8) is 0 Å². The van der Waals surface area contributed by atoms with E-state index in [0.29, 0.717) is 24.2 Å². The Morgan fingerprint density at radius 3 is 2.29 bits per heavy atom. The normalized spacial score (nSPS) is 25.4. The number of hydrogen-bond acceptors (Lipinski definition) is 10. The Labute approximate surface area is 300 Å². The number of alkyl halides is 2. The lowest BCUT2D eigenvalue weighted by molar-refractivity contribution is -0.142. The number of amides is 5. The van der Waals surface area contributed by atoms with Crippen molar-refractivity contribution in [3.05, 3.63) is 24.3 Å². The molecular formula is C33H45F2N9O7S. The molecule has 4 N–H and O–H groups in total. The standard InChI is InChI=1S/C33H45F2N9O7S/c1-32(2,3)25(37-31(48)36-19-7-5-6-8-19)29(46)43-17-20(44-40-27(39-42-44)18-9-11-21(51-4)12-10-18)15-24(43)28(45)38-33(16-23(33)26(34)35)30(47)41-52(49,50)22-13-14-22/h9-12,19-20,22-26H,5-8,13-17H2,1-4H3,(H,38,45)(H,41,47)(H2,36,37,48)/t20-,23+,24?,25-,33-/m1/s1. The van der Waals surface area contributed by atoms with Crippen LogP contribution in [0.15, 0.2) is 24.3 Å². The number of nitrogens with one attached hydrogen (secondary N) is 4. The van der Waals surface area contributed by atoms with Gasteiger partial charge in [-0.3, -0.25) is 19.1 Å². The highest BCUT2D eigenvalue weighted by Crippen LogP contribution is 2.48. The summed E-state index contributed by atoms with van der Waals surface area (Å²) in [6, 6.07) is 3.17. The molecule has 19 heteroatoms. The van der Waals surface area contributed by atoms with Crippen LogP contribution in [0.3, 0.4) is 0 Å². The van der Waals surface area contributed by atoms with Crippen LogP contribution in [0.2, 0.25) is 0 Å². The molecular weight excluding hydrogens is 704 g/mol. The van der Waals surface area contributed by atoms with E-state index in [-0.39, 0.29) is 24.8 Å². The van der Waals surface area contributed by atoms with Crippen LogP contribution in [-0.4, -0.2) is 106 Å². The number of hydrogen-bond donors (Lipinski definition) is 4. The molecule has 284 valence electrons. The smallest absolute Gasteiger partial charge is 0.315 e. The SMILES string of the molecule is COc1ccc(-c2nnn([C@@H]3CC(C(=O)N[C@]4(C(=O)NS(=O)(=O)C5CC5)C[C@H]4C(F)F)N(C(=O)[C@@H](NC(=O)NC4CCCC4)C(C)(C)C)C3)n2)cc1. The molecule has 1 unspecified atom stereocenters. The summed E-state index contributed by atoms with van der Waals surface area (Å²) >= 11 is 0. The third-order valence-electron chi connectivity index (χ3n) is 10.3. The van der Waals surface area contributed by atoms with Crippen LogP contribution in [-0.2, 0) is 24.4 Å². The van der Waals surface area contributed by atoms with Crippen molar-refractivity contribution >= 4 is 33.8 Å². The molecule has 6 rings (SSSR count). The zero-order valence-corrected chi connectivity index (χ0v) is 30.3. The molecule has 4 fully saturated rings. The second kappa shape index (κ2) is 14.2. The molecule has 2 heterocycles. The lowest BCUT2D eigenvalue weighted by Crippen LogP contribution is -2.61. The largest absolute Gasteiger partial charge is 0.497 e. The van der Waals surface area contributed by atoms with Gasteiger partial charge in [0.2, 0.25) is 34.1 Å². The van der Waals surface area contributed by atoms with Crippen molar-refractivity contribution in [1.29, 1.82) is 0 Å². The van der Waals surface area contributed by atoms with Crippen LogP contribution < -0.4 is 25.4 Å². The number of ether oxygens (including phenoxy) is 1. The highest BCUT2D eigenvalue weighted by atomic mass is 32.2. The summed E-state index contributed by atoms with van der Waals surface area (Å²) in [5.41, 5.74) is -2.42. The van der Waals surface area contributed by atoms with Gasteiger partial charge in [-0.1, -0.05) is 33.6 Å². The molecule has 1 saturated heterocycles. The van der Waals surface area contributed by atoms with Gasteiger partial charge in [0.15, 0.2) is 0 Å². The van der Waals surface area contributed by atoms with Gasteiger partial charge >= 0.3 is 6.03 Å². The van der Waals surface area contributed by atoms with Crippen LogP contribution in [0.5, 0.6) is 5.75 Å². The average molecular weight is 750 g/mol. The average Bonchev–Trinajstić information content (AvgIpc) is 3.87. The molecule has 3 aliphatic carbocycles. The van der Waals surface area contributed by atoms with Gasteiger partial charge in [0.1, 0.15) is 23.4 Å². The number of carbonyl (C=O) groups is 4. The maximum absolute atomic E-state index is 14.4. The Morgan fingerprint density at radius 1 is 1.04 bits per heavy atom. The molecule has 3 saturated carbocycles. The maximum Gasteiger partial charge on any atom is 0.315 e. The fourth-order valence-corrected chi connectivity index (χ4v) is 8.35. The summed E-state index contributed by atoms with van der Waals surface area (Å²) in [5, 5.41) is 20.1. The number of nitrogens with zero attached hydrogens (tertiary/aromatic N) is 5. The second-order valence-corrected chi connectivity index (χ2v) is 17.2. The number of aromatic nitrogens is 4. The van der Waals surface area contributed by atoms with Gasteiger partial charge in [0.05, 0.1) is 24.3 Å². The molecule has 1 aromatic carbocycles. The van der Waals surface area contributed by atoms with Gasteiger partial charge in [-0.25, -0.2) is 22.0 Å². The van der Waals surface area contributed by atoms with E-state index in [0.717, 1.165) is 25.7 Å². The van der Waals surface area contributed by atoms with E-state index in [1.165, 1.54) is 16.8 Å². The van der Waals surface area contributed by atoms with E-state index < -0.39 is 86.9 Å². The first-order chi connectivity index (χ1) is 24.5. The Hall–Kier alpha value is -4.42. The molecule has 1 aromatic heterocycles. The molecule has 5 atom stereocenters. The van der Waals surface area contributed by atoms with Crippen LogP contribution in [0.4, 0.5) is 13.6 Å². The predicted octanol–water partition coefficient (Wildman–Crippen LogP) is 1.90. The first-order valence-corrected chi connectivity index (χ1v) is 19.0.